The Morgan fingerprint density at radius 2 is 1.86 bits per heavy atom. The molecule has 4 aromatic rings. The van der Waals surface area contributed by atoms with E-state index in [9.17, 15) is 9.59 Å². The van der Waals surface area contributed by atoms with Gasteiger partial charge in [0.15, 0.2) is 5.82 Å². The zero-order valence-corrected chi connectivity index (χ0v) is 16.4. The van der Waals surface area contributed by atoms with Gasteiger partial charge in [0.2, 0.25) is 0 Å². The smallest absolute Gasteiger partial charge is 0.292 e. The minimum absolute atomic E-state index is 0.0336. The summed E-state index contributed by atoms with van der Waals surface area (Å²) < 4.78 is 1.55. The lowest BCUT2D eigenvalue weighted by Crippen LogP contribution is -2.31. The van der Waals surface area contributed by atoms with Crippen molar-refractivity contribution in [2.24, 2.45) is 0 Å². The molecule has 2 aromatic carbocycles. The number of carbonyl (C=O) groups is 2. The predicted octanol–water partition coefficient (Wildman–Crippen LogP) is 2.57. The van der Waals surface area contributed by atoms with Crippen LogP contribution in [-0.4, -0.2) is 36.9 Å². The van der Waals surface area contributed by atoms with Crippen LogP contribution in [0.1, 0.15) is 33.0 Å². The first-order valence-electron chi connectivity index (χ1n) is 9.20. The van der Waals surface area contributed by atoms with Gasteiger partial charge in [-0.1, -0.05) is 24.3 Å². The van der Waals surface area contributed by atoms with Gasteiger partial charge in [0.1, 0.15) is 0 Å². The highest BCUT2D eigenvalue weighted by molar-refractivity contribution is 6.45. The average Bonchev–Trinajstić information content (AvgIpc) is 3.31. The summed E-state index contributed by atoms with van der Waals surface area (Å²) in [6.45, 7) is 5.84. The number of aryl methyl sites for hydroxylation is 3. The van der Waals surface area contributed by atoms with Crippen LogP contribution in [0.15, 0.2) is 42.5 Å². The quantitative estimate of drug-likeness (QED) is 0.404. The summed E-state index contributed by atoms with van der Waals surface area (Å²) in [7, 11) is 0. The van der Waals surface area contributed by atoms with E-state index in [2.05, 4.69) is 25.8 Å². The Morgan fingerprint density at radius 3 is 2.66 bits per heavy atom. The summed E-state index contributed by atoms with van der Waals surface area (Å²) in [5, 5.41) is 15.0. The number of ketones is 1. The zero-order valence-electron chi connectivity index (χ0n) is 16.4. The number of tetrazole rings is 1. The maximum Gasteiger partial charge on any atom is 0.292 e. The Morgan fingerprint density at radius 1 is 1.07 bits per heavy atom. The number of benzene rings is 2. The fourth-order valence-corrected chi connectivity index (χ4v) is 3.30. The molecule has 0 aliphatic heterocycles. The molecule has 2 heterocycles. The van der Waals surface area contributed by atoms with Gasteiger partial charge in [-0.2, -0.15) is 4.68 Å². The molecule has 0 atom stereocenters. The van der Waals surface area contributed by atoms with Crippen molar-refractivity contribution < 1.29 is 9.59 Å². The molecule has 8 heteroatoms. The topological polar surface area (TPSA) is 106 Å². The summed E-state index contributed by atoms with van der Waals surface area (Å²) in [5.41, 5.74) is 4.92. The van der Waals surface area contributed by atoms with Crippen LogP contribution < -0.4 is 5.32 Å². The third-order valence-corrected chi connectivity index (χ3v) is 5.00. The van der Waals surface area contributed by atoms with Gasteiger partial charge in [0.25, 0.3) is 11.7 Å². The number of aromatic nitrogens is 5. The molecule has 0 bridgehead atoms. The molecule has 1 amide bonds. The number of Topliss-reactive ketones (excluding diaryl/α,β-unsaturated/α-hetero) is 1. The summed E-state index contributed by atoms with van der Waals surface area (Å²) in [6, 6.07) is 13.3. The second kappa shape index (κ2) is 7.31. The van der Waals surface area contributed by atoms with Crippen molar-refractivity contribution in [2.75, 3.05) is 0 Å². The van der Waals surface area contributed by atoms with Crippen molar-refractivity contribution in [1.29, 1.82) is 0 Å². The number of aromatic amines is 1. The van der Waals surface area contributed by atoms with E-state index in [0.29, 0.717) is 17.1 Å². The molecule has 2 N–H and O–H groups in total. The molecular formula is C21H20N6O2. The molecule has 0 spiro atoms. The van der Waals surface area contributed by atoms with Crippen molar-refractivity contribution in [3.05, 3.63) is 70.7 Å². The molecule has 0 unspecified atom stereocenters. The number of rotatable bonds is 5. The summed E-state index contributed by atoms with van der Waals surface area (Å²) >= 11 is 0. The number of amides is 1. The maximum absolute atomic E-state index is 12.7. The first kappa shape index (κ1) is 18.5. The Bertz CT molecular complexity index is 1240. The first-order valence-corrected chi connectivity index (χ1v) is 9.20. The predicted molar refractivity (Wildman–Crippen MR) is 108 cm³/mol. The van der Waals surface area contributed by atoms with Gasteiger partial charge < -0.3 is 10.3 Å². The van der Waals surface area contributed by atoms with Crippen LogP contribution in [0, 0.1) is 20.8 Å². The molecule has 146 valence electrons. The lowest BCUT2D eigenvalue weighted by Gasteiger charge is -2.08. The summed E-state index contributed by atoms with van der Waals surface area (Å²) in [4.78, 5) is 28.4. The lowest BCUT2D eigenvalue weighted by molar-refractivity contribution is -0.117. The highest BCUT2D eigenvalue weighted by atomic mass is 16.2. The summed E-state index contributed by atoms with van der Waals surface area (Å²) in [5.74, 6) is -0.859. The van der Waals surface area contributed by atoms with Crippen molar-refractivity contribution in [3.63, 3.8) is 0 Å². The van der Waals surface area contributed by atoms with Gasteiger partial charge in [-0.25, -0.2) is 0 Å². The highest BCUT2D eigenvalue weighted by Gasteiger charge is 2.23. The van der Waals surface area contributed by atoms with E-state index in [-0.39, 0.29) is 6.54 Å². The second-order valence-corrected chi connectivity index (χ2v) is 6.96. The molecule has 0 aliphatic carbocycles. The van der Waals surface area contributed by atoms with Crippen molar-refractivity contribution in [3.8, 4) is 5.69 Å². The molecule has 0 saturated carbocycles. The van der Waals surface area contributed by atoms with Crippen LogP contribution in [0.2, 0.25) is 0 Å². The molecule has 8 nitrogen and oxygen atoms in total. The number of fused-ring (bicyclic) bond motifs is 1. The Labute approximate surface area is 166 Å². The number of hydrogen-bond acceptors (Lipinski definition) is 5. The van der Waals surface area contributed by atoms with Crippen molar-refractivity contribution in [1.82, 2.24) is 30.5 Å². The lowest BCUT2D eigenvalue weighted by atomic mass is 10.1. The van der Waals surface area contributed by atoms with Crippen molar-refractivity contribution >= 4 is 22.6 Å². The molecule has 0 aliphatic rings. The van der Waals surface area contributed by atoms with E-state index in [1.807, 2.05) is 56.3 Å². The van der Waals surface area contributed by atoms with E-state index in [1.54, 1.807) is 11.6 Å². The highest BCUT2D eigenvalue weighted by Crippen LogP contribution is 2.22. The first-order chi connectivity index (χ1) is 14.0. The molecule has 2 aromatic heterocycles. The van der Waals surface area contributed by atoms with E-state index < -0.39 is 11.7 Å². The molecule has 0 radical (unpaired) electrons. The normalized spacial score (nSPS) is 11.0. The molecule has 0 fully saturated rings. The Hall–Kier alpha value is -3.81. The fraction of sp³-hybridized carbons (Fsp3) is 0.190. The van der Waals surface area contributed by atoms with Gasteiger partial charge in [0.05, 0.1) is 17.8 Å². The Kier molecular flexibility index (Phi) is 4.67. The number of carbonyl (C=O) groups excluding carboxylic acids is 2. The largest absolute Gasteiger partial charge is 0.358 e. The van der Waals surface area contributed by atoms with E-state index in [4.69, 9.17) is 0 Å². The average molecular weight is 388 g/mol. The van der Waals surface area contributed by atoms with Gasteiger partial charge in [-0.3, -0.25) is 9.59 Å². The SMILES string of the molecule is Cc1ccc(-n2nnnc2CNC(=O)C(=O)c2c(C)[nH]c3ccccc23)cc1C. The Balaban J connectivity index is 1.53. The number of nitrogens with zero attached hydrogens (tertiary/aromatic N) is 4. The minimum atomic E-state index is -0.701. The van der Waals surface area contributed by atoms with E-state index >= 15 is 0 Å². The molecular weight excluding hydrogens is 368 g/mol. The number of hydrogen-bond donors (Lipinski definition) is 2. The van der Waals surface area contributed by atoms with E-state index in [1.165, 1.54) is 0 Å². The second-order valence-electron chi connectivity index (χ2n) is 6.96. The number of nitrogens with one attached hydrogen (secondary N) is 2. The maximum atomic E-state index is 12.7. The number of para-hydroxylation sites is 1. The van der Waals surface area contributed by atoms with Gasteiger partial charge in [-0.05, 0) is 60.5 Å². The van der Waals surface area contributed by atoms with Crippen LogP contribution in [0.3, 0.4) is 0 Å². The van der Waals surface area contributed by atoms with Gasteiger partial charge in [-0.15, -0.1) is 5.10 Å². The van der Waals surface area contributed by atoms with Crippen LogP contribution in [0.4, 0.5) is 0 Å². The van der Waals surface area contributed by atoms with Crippen molar-refractivity contribution in [2.45, 2.75) is 27.3 Å². The summed E-state index contributed by atoms with van der Waals surface area (Å²) in [6.07, 6.45) is 0. The van der Waals surface area contributed by atoms with E-state index in [0.717, 1.165) is 27.7 Å². The van der Waals surface area contributed by atoms with Crippen LogP contribution in [0.5, 0.6) is 0 Å². The molecule has 4 rings (SSSR count). The standard InChI is InChI=1S/C21H20N6O2/c1-12-8-9-15(10-13(12)2)27-18(24-25-26-27)11-22-21(29)20(28)19-14(3)23-17-7-5-4-6-16(17)19/h4-10,23H,11H2,1-3H3,(H,22,29). The molecule has 29 heavy (non-hydrogen) atoms. The minimum Gasteiger partial charge on any atom is -0.358 e. The van der Waals surface area contributed by atoms with Gasteiger partial charge >= 0.3 is 0 Å². The third kappa shape index (κ3) is 3.40. The van der Waals surface area contributed by atoms with Crippen LogP contribution in [0.25, 0.3) is 16.6 Å². The van der Waals surface area contributed by atoms with Gasteiger partial charge in [0, 0.05) is 16.6 Å². The molecule has 0 saturated heterocycles. The fourth-order valence-electron chi connectivity index (χ4n) is 3.30. The third-order valence-electron chi connectivity index (χ3n) is 5.00. The van der Waals surface area contributed by atoms with Crippen LogP contribution >= 0.6 is 0 Å². The van der Waals surface area contributed by atoms with Crippen LogP contribution in [-0.2, 0) is 11.3 Å². The zero-order chi connectivity index (χ0) is 20.5. The number of H-pyrrole nitrogens is 1. The monoisotopic (exact) mass is 388 g/mol.